The van der Waals surface area contributed by atoms with Crippen LogP contribution in [0.1, 0.15) is 25.6 Å². The van der Waals surface area contributed by atoms with Crippen LogP contribution < -0.4 is 10.0 Å². The van der Waals surface area contributed by atoms with Gasteiger partial charge < -0.3 is 9.73 Å². The largest absolute Gasteiger partial charge is 0.459 e. The average molecular weight is 372 g/mol. The van der Waals surface area contributed by atoms with Gasteiger partial charge in [-0.1, -0.05) is 50.2 Å². The van der Waals surface area contributed by atoms with Crippen molar-refractivity contribution in [2.45, 2.75) is 24.8 Å². The normalized spacial score (nSPS) is 13.3. The second-order valence-corrected chi connectivity index (χ2v) is 8.34. The van der Waals surface area contributed by atoms with Crippen molar-refractivity contribution in [3.05, 3.63) is 66.4 Å². The predicted octanol–water partition coefficient (Wildman–Crippen LogP) is 3.70. The van der Waals surface area contributed by atoms with Gasteiger partial charge >= 0.3 is 0 Å². The predicted molar refractivity (Wildman–Crippen MR) is 103 cm³/mol. The van der Waals surface area contributed by atoms with Crippen LogP contribution in [-0.2, 0) is 10.0 Å². The zero-order valence-corrected chi connectivity index (χ0v) is 15.8. The summed E-state index contributed by atoms with van der Waals surface area (Å²) in [6, 6.07) is 18.3. The lowest BCUT2D eigenvalue weighted by atomic mass is 10.0. The van der Waals surface area contributed by atoms with Gasteiger partial charge in [0.05, 0.1) is 10.9 Å². The van der Waals surface area contributed by atoms with E-state index in [9.17, 15) is 8.42 Å². The first-order chi connectivity index (χ1) is 12.5. The number of para-hydroxylation sites is 1. The molecule has 0 saturated heterocycles. The van der Waals surface area contributed by atoms with Crippen molar-refractivity contribution in [1.82, 2.24) is 10.0 Å². The lowest BCUT2D eigenvalue weighted by molar-refractivity contribution is 0.353. The number of nitrogens with one attached hydrogen (secondary N) is 2. The van der Waals surface area contributed by atoms with Crippen molar-refractivity contribution in [1.29, 1.82) is 0 Å². The van der Waals surface area contributed by atoms with E-state index in [0.717, 1.165) is 16.7 Å². The molecule has 1 atom stereocenters. The SMILES string of the molecule is CC(C)[C@@H](NCCNS(=O)(=O)c1ccccc1)c1cc2ccccc2o1. The zero-order valence-electron chi connectivity index (χ0n) is 15.0. The van der Waals surface area contributed by atoms with Crippen LogP contribution in [-0.4, -0.2) is 21.5 Å². The summed E-state index contributed by atoms with van der Waals surface area (Å²) in [6.07, 6.45) is 0. The molecule has 0 unspecified atom stereocenters. The summed E-state index contributed by atoms with van der Waals surface area (Å²) < 4.78 is 33.1. The number of furan rings is 1. The van der Waals surface area contributed by atoms with E-state index in [4.69, 9.17) is 4.42 Å². The second-order valence-electron chi connectivity index (χ2n) is 6.57. The molecule has 0 saturated carbocycles. The lowest BCUT2D eigenvalue weighted by Gasteiger charge is -2.20. The standard InChI is InChI=1S/C20H24N2O3S/c1-15(2)20(19-14-16-8-6-7-11-18(16)25-19)21-12-13-22-26(23,24)17-9-4-3-5-10-17/h3-11,14-15,20-22H,12-13H2,1-2H3/t20-/m1/s1. The van der Waals surface area contributed by atoms with Crippen LogP contribution in [0, 0.1) is 5.92 Å². The topological polar surface area (TPSA) is 71.3 Å². The van der Waals surface area contributed by atoms with Crippen LogP contribution >= 0.6 is 0 Å². The smallest absolute Gasteiger partial charge is 0.240 e. The summed E-state index contributed by atoms with van der Waals surface area (Å²) >= 11 is 0. The summed E-state index contributed by atoms with van der Waals surface area (Å²) in [5, 5.41) is 4.47. The Bertz CT molecular complexity index is 916. The Labute approximate surface area is 154 Å². The maximum absolute atomic E-state index is 12.2. The van der Waals surface area contributed by atoms with Crippen LogP contribution in [0.15, 0.2) is 70.0 Å². The molecular weight excluding hydrogens is 348 g/mol. The Balaban J connectivity index is 1.61. The first-order valence-electron chi connectivity index (χ1n) is 8.74. The summed E-state index contributed by atoms with van der Waals surface area (Å²) in [7, 11) is -3.48. The van der Waals surface area contributed by atoms with Crippen molar-refractivity contribution < 1.29 is 12.8 Å². The third-order valence-electron chi connectivity index (χ3n) is 4.25. The highest BCUT2D eigenvalue weighted by Gasteiger charge is 2.20. The van der Waals surface area contributed by atoms with Crippen molar-refractivity contribution in [2.75, 3.05) is 13.1 Å². The number of fused-ring (bicyclic) bond motifs is 1. The molecule has 138 valence electrons. The average Bonchev–Trinajstić information content (AvgIpc) is 3.05. The van der Waals surface area contributed by atoms with Gasteiger partial charge in [-0.2, -0.15) is 0 Å². The molecule has 6 heteroatoms. The molecule has 3 aromatic rings. The van der Waals surface area contributed by atoms with Crippen molar-refractivity contribution >= 4 is 21.0 Å². The van der Waals surface area contributed by atoms with E-state index in [1.165, 1.54) is 0 Å². The molecule has 0 fully saturated rings. The Morgan fingerprint density at radius 2 is 1.65 bits per heavy atom. The summed E-state index contributed by atoms with van der Waals surface area (Å²) in [5.41, 5.74) is 0.861. The minimum atomic E-state index is -3.48. The molecule has 3 rings (SSSR count). The molecule has 0 radical (unpaired) electrons. The van der Waals surface area contributed by atoms with E-state index in [2.05, 4.69) is 23.9 Å². The van der Waals surface area contributed by atoms with Crippen LogP contribution in [0.5, 0.6) is 0 Å². The van der Waals surface area contributed by atoms with E-state index in [-0.39, 0.29) is 10.9 Å². The first kappa shape index (κ1) is 18.6. The Morgan fingerprint density at radius 1 is 0.962 bits per heavy atom. The van der Waals surface area contributed by atoms with E-state index < -0.39 is 10.0 Å². The van der Waals surface area contributed by atoms with Gasteiger partial charge in [-0.3, -0.25) is 0 Å². The molecule has 1 heterocycles. The number of hydrogen-bond donors (Lipinski definition) is 2. The molecular formula is C20H24N2O3S. The van der Waals surface area contributed by atoms with Gasteiger partial charge in [0.2, 0.25) is 10.0 Å². The highest BCUT2D eigenvalue weighted by atomic mass is 32.2. The van der Waals surface area contributed by atoms with Gasteiger partial charge in [0.1, 0.15) is 11.3 Å². The van der Waals surface area contributed by atoms with Crippen molar-refractivity contribution in [3.8, 4) is 0 Å². The second kappa shape index (κ2) is 8.03. The minimum Gasteiger partial charge on any atom is -0.459 e. The molecule has 2 aromatic carbocycles. The third kappa shape index (κ3) is 4.33. The van der Waals surface area contributed by atoms with E-state index in [1.54, 1.807) is 30.3 Å². The number of hydrogen-bond acceptors (Lipinski definition) is 4. The summed E-state index contributed by atoms with van der Waals surface area (Å²) in [4.78, 5) is 0.276. The number of rotatable bonds is 8. The van der Waals surface area contributed by atoms with Crippen molar-refractivity contribution in [3.63, 3.8) is 0 Å². The third-order valence-corrected chi connectivity index (χ3v) is 5.73. The molecule has 2 N–H and O–H groups in total. The van der Waals surface area contributed by atoms with Crippen molar-refractivity contribution in [2.24, 2.45) is 5.92 Å². The fourth-order valence-electron chi connectivity index (χ4n) is 2.92. The zero-order chi connectivity index (χ0) is 18.6. The minimum absolute atomic E-state index is 0.0172. The fourth-order valence-corrected chi connectivity index (χ4v) is 3.97. The first-order valence-corrected chi connectivity index (χ1v) is 10.2. The van der Waals surface area contributed by atoms with Gasteiger partial charge in [-0.05, 0) is 30.2 Å². The van der Waals surface area contributed by atoms with Crippen LogP contribution in [0.4, 0.5) is 0 Å². The molecule has 0 spiro atoms. The Hall–Kier alpha value is -2.15. The molecule has 1 aromatic heterocycles. The van der Waals surface area contributed by atoms with Gasteiger partial charge in [0, 0.05) is 18.5 Å². The molecule has 0 aliphatic heterocycles. The Kier molecular flexibility index (Phi) is 5.76. The summed E-state index contributed by atoms with van der Waals surface area (Å²) in [5.74, 6) is 1.17. The quantitative estimate of drug-likeness (QED) is 0.592. The molecule has 5 nitrogen and oxygen atoms in total. The number of sulfonamides is 1. The highest BCUT2D eigenvalue weighted by Crippen LogP contribution is 2.28. The van der Waals surface area contributed by atoms with Gasteiger partial charge in [-0.25, -0.2) is 13.1 Å². The van der Waals surface area contributed by atoms with Crippen LogP contribution in [0.3, 0.4) is 0 Å². The molecule has 0 aliphatic rings. The fraction of sp³-hybridized carbons (Fsp3) is 0.300. The highest BCUT2D eigenvalue weighted by molar-refractivity contribution is 7.89. The molecule has 26 heavy (non-hydrogen) atoms. The van der Waals surface area contributed by atoms with E-state index >= 15 is 0 Å². The maximum Gasteiger partial charge on any atom is 0.240 e. The van der Waals surface area contributed by atoms with Gasteiger partial charge in [-0.15, -0.1) is 0 Å². The Morgan fingerprint density at radius 3 is 2.35 bits per heavy atom. The summed E-state index contributed by atoms with van der Waals surface area (Å²) in [6.45, 7) is 5.03. The monoisotopic (exact) mass is 372 g/mol. The van der Waals surface area contributed by atoms with Crippen LogP contribution in [0.25, 0.3) is 11.0 Å². The molecule has 0 amide bonds. The molecule has 0 bridgehead atoms. The van der Waals surface area contributed by atoms with Gasteiger partial charge in [0.15, 0.2) is 0 Å². The maximum atomic E-state index is 12.2. The number of benzene rings is 2. The molecule has 0 aliphatic carbocycles. The lowest BCUT2D eigenvalue weighted by Crippen LogP contribution is -2.35. The van der Waals surface area contributed by atoms with Crippen LogP contribution in [0.2, 0.25) is 0 Å². The van der Waals surface area contributed by atoms with E-state index in [0.29, 0.717) is 19.0 Å². The van der Waals surface area contributed by atoms with Gasteiger partial charge in [0.25, 0.3) is 0 Å². The van der Waals surface area contributed by atoms with E-state index in [1.807, 2.05) is 30.3 Å².